The molecular weight excluding hydrogens is 303 g/mol. The molecule has 3 nitrogen and oxygen atoms in total. The van der Waals surface area contributed by atoms with E-state index in [9.17, 15) is 4.39 Å². The Hall–Kier alpha value is -1.81. The predicted octanol–water partition coefficient (Wildman–Crippen LogP) is 4.44. The van der Waals surface area contributed by atoms with E-state index in [0.717, 1.165) is 24.0 Å². The smallest absolute Gasteiger partial charge is 0.174 e. The molecule has 2 aromatic rings. The first-order chi connectivity index (χ1) is 11.6. The normalized spacial score (nSPS) is 23.8. The Morgan fingerprint density at radius 2 is 2.17 bits per heavy atom. The Balaban J connectivity index is 1.69. The molecule has 1 aliphatic carbocycles. The van der Waals surface area contributed by atoms with Crippen molar-refractivity contribution in [2.75, 3.05) is 13.7 Å². The van der Waals surface area contributed by atoms with Crippen LogP contribution in [0.5, 0.6) is 5.75 Å². The van der Waals surface area contributed by atoms with Gasteiger partial charge in [-0.15, -0.1) is 0 Å². The molecule has 0 fully saturated rings. The number of benzene rings is 1. The second-order valence-corrected chi connectivity index (χ2v) is 6.81. The van der Waals surface area contributed by atoms with Crippen LogP contribution in [0.3, 0.4) is 0 Å². The van der Waals surface area contributed by atoms with Crippen molar-refractivity contribution in [3.05, 3.63) is 41.9 Å². The predicted molar refractivity (Wildman–Crippen MR) is 97.0 cm³/mol. The summed E-state index contributed by atoms with van der Waals surface area (Å²) < 4.78 is 19.6. The number of fused-ring (bicyclic) bond motifs is 1. The van der Waals surface area contributed by atoms with Crippen molar-refractivity contribution in [1.29, 1.82) is 0 Å². The molecule has 3 unspecified atom stereocenters. The largest absolute Gasteiger partial charge is 0.494 e. The first-order valence-corrected chi connectivity index (χ1v) is 8.88. The van der Waals surface area contributed by atoms with Gasteiger partial charge in [-0.1, -0.05) is 32.4 Å². The van der Waals surface area contributed by atoms with Gasteiger partial charge in [0, 0.05) is 23.1 Å². The summed E-state index contributed by atoms with van der Waals surface area (Å²) in [5.41, 5.74) is 1.82. The van der Waals surface area contributed by atoms with Crippen molar-refractivity contribution >= 4 is 10.9 Å². The minimum atomic E-state index is -0.274. The van der Waals surface area contributed by atoms with Gasteiger partial charge in [0.05, 0.1) is 7.11 Å². The molecule has 24 heavy (non-hydrogen) atoms. The standard InChI is InChI=1S/C20H27FN2O/c1-4-14-11-13(2)5-6-16(14)22-10-9-15-12-23-17-7-8-18(24-3)20(21)19(15)17/h5-8,12-14,16,22-23H,4,9-11H2,1-3H3. The maximum atomic E-state index is 14.5. The summed E-state index contributed by atoms with van der Waals surface area (Å²) in [6.45, 7) is 5.37. The van der Waals surface area contributed by atoms with Gasteiger partial charge in [0.25, 0.3) is 0 Å². The van der Waals surface area contributed by atoms with Crippen LogP contribution in [0.1, 0.15) is 32.3 Å². The maximum Gasteiger partial charge on any atom is 0.174 e. The average Bonchev–Trinajstić information content (AvgIpc) is 3.00. The Kier molecular flexibility index (Phi) is 5.24. The lowest BCUT2D eigenvalue weighted by Crippen LogP contribution is -2.38. The van der Waals surface area contributed by atoms with Gasteiger partial charge in [0.1, 0.15) is 0 Å². The second kappa shape index (κ2) is 7.39. The molecule has 0 aliphatic heterocycles. The van der Waals surface area contributed by atoms with Crippen molar-refractivity contribution in [3.63, 3.8) is 0 Å². The van der Waals surface area contributed by atoms with Crippen LogP contribution in [-0.2, 0) is 6.42 Å². The number of halogens is 1. The lowest BCUT2D eigenvalue weighted by Gasteiger charge is -2.30. The summed E-state index contributed by atoms with van der Waals surface area (Å²) in [6.07, 6.45) is 9.74. The first-order valence-electron chi connectivity index (χ1n) is 8.88. The highest BCUT2D eigenvalue weighted by Gasteiger charge is 2.22. The summed E-state index contributed by atoms with van der Waals surface area (Å²) in [5.74, 6) is 1.38. The minimum Gasteiger partial charge on any atom is -0.494 e. The van der Waals surface area contributed by atoms with Gasteiger partial charge in [-0.05, 0) is 48.9 Å². The molecule has 0 saturated carbocycles. The lowest BCUT2D eigenvalue weighted by atomic mass is 9.82. The molecule has 0 saturated heterocycles. The molecule has 0 spiro atoms. The van der Waals surface area contributed by atoms with E-state index in [-0.39, 0.29) is 5.82 Å². The zero-order valence-corrected chi connectivity index (χ0v) is 14.7. The van der Waals surface area contributed by atoms with Gasteiger partial charge in [0.15, 0.2) is 11.6 Å². The Morgan fingerprint density at radius 3 is 2.92 bits per heavy atom. The van der Waals surface area contributed by atoms with Gasteiger partial charge in [-0.25, -0.2) is 4.39 Å². The van der Waals surface area contributed by atoms with Crippen molar-refractivity contribution in [3.8, 4) is 5.75 Å². The molecule has 2 N–H and O–H groups in total. The van der Waals surface area contributed by atoms with E-state index in [2.05, 4.69) is 36.3 Å². The van der Waals surface area contributed by atoms with E-state index in [1.165, 1.54) is 20.0 Å². The fourth-order valence-electron chi connectivity index (χ4n) is 3.78. The van der Waals surface area contributed by atoms with E-state index < -0.39 is 0 Å². The molecule has 130 valence electrons. The van der Waals surface area contributed by atoms with Gasteiger partial charge >= 0.3 is 0 Å². The van der Waals surface area contributed by atoms with Crippen LogP contribution < -0.4 is 10.1 Å². The average molecular weight is 330 g/mol. The fourth-order valence-corrected chi connectivity index (χ4v) is 3.78. The van der Waals surface area contributed by atoms with Gasteiger partial charge in [-0.3, -0.25) is 0 Å². The van der Waals surface area contributed by atoms with E-state index in [1.807, 2.05) is 12.3 Å². The molecule has 3 rings (SSSR count). The van der Waals surface area contributed by atoms with Crippen LogP contribution in [0.2, 0.25) is 0 Å². The molecule has 1 aliphatic rings. The third kappa shape index (κ3) is 3.34. The highest BCUT2D eigenvalue weighted by atomic mass is 19.1. The molecule has 3 atom stereocenters. The van der Waals surface area contributed by atoms with Crippen molar-refractivity contribution in [2.24, 2.45) is 11.8 Å². The van der Waals surface area contributed by atoms with Crippen LogP contribution in [0, 0.1) is 17.7 Å². The number of hydrogen-bond acceptors (Lipinski definition) is 2. The highest BCUT2D eigenvalue weighted by Crippen LogP contribution is 2.29. The van der Waals surface area contributed by atoms with E-state index >= 15 is 0 Å². The fraction of sp³-hybridized carbons (Fsp3) is 0.500. The zero-order valence-electron chi connectivity index (χ0n) is 14.7. The molecule has 0 amide bonds. The van der Waals surface area contributed by atoms with Crippen molar-refractivity contribution in [2.45, 2.75) is 39.2 Å². The number of H-pyrrole nitrogens is 1. The third-order valence-corrected chi connectivity index (χ3v) is 5.18. The number of hydrogen-bond donors (Lipinski definition) is 2. The van der Waals surface area contributed by atoms with Crippen LogP contribution in [0.15, 0.2) is 30.5 Å². The molecular formula is C20H27FN2O. The van der Waals surface area contributed by atoms with Gasteiger partial charge in [-0.2, -0.15) is 0 Å². The lowest BCUT2D eigenvalue weighted by molar-refractivity contribution is 0.325. The summed E-state index contributed by atoms with van der Waals surface area (Å²) in [4.78, 5) is 3.16. The Morgan fingerprint density at radius 1 is 1.33 bits per heavy atom. The number of allylic oxidation sites excluding steroid dienone is 1. The number of methoxy groups -OCH3 is 1. The summed E-state index contributed by atoms with van der Waals surface area (Å²) in [7, 11) is 1.50. The summed E-state index contributed by atoms with van der Waals surface area (Å²) in [5, 5.41) is 4.29. The molecule has 0 radical (unpaired) electrons. The zero-order chi connectivity index (χ0) is 17.1. The monoisotopic (exact) mass is 330 g/mol. The van der Waals surface area contributed by atoms with Crippen molar-refractivity contribution < 1.29 is 9.13 Å². The van der Waals surface area contributed by atoms with Gasteiger partial charge in [0.2, 0.25) is 0 Å². The molecule has 0 bridgehead atoms. The molecule has 1 aromatic carbocycles. The van der Waals surface area contributed by atoms with Crippen LogP contribution in [0.4, 0.5) is 4.39 Å². The van der Waals surface area contributed by atoms with E-state index in [0.29, 0.717) is 29.0 Å². The SMILES string of the molecule is CCC1CC(C)C=CC1NCCc1c[nH]c2ccc(OC)c(F)c12. The molecule has 1 heterocycles. The third-order valence-electron chi connectivity index (χ3n) is 5.18. The highest BCUT2D eigenvalue weighted by molar-refractivity contribution is 5.85. The number of ether oxygens (including phenoxy) is 1. The maximum absolute atomic E-state index is 14.5. The Labute approximate surface area is 143 Å². The minimum absolute atomic E-state index is 0.274. The summed E-state index contributed by atoms with van der Waals surface area (Å²) in [6, 6.07) is 3.96. The van der Waals surface area contributed by atoms with E-state index in [1.54, 1.807) is 6.07 Å². The van der Waals surface area contributed by atoms with Crippen molar-refractivity contribution in [1.82, 2.24) is 10.3 Å². The summed E-state index contributed by atoms with van der Waals surface area (Å²) >= 11 is 0. The number of rotatable bonds is 6. The molecule has 1 aromatic heterocycles. The number of aromatic amines is 1. The van der Waals surface area contributed by atoms with Crippen LogP contribution >= 0.6 is 0 Å². The van der Waals surface area contributed by atoms with Gasteiger partial charge < -0.3 is 15.0 Å². The molecule has 4 heteroatoms. The quantitative estimate of drug-likeness (QED) is 0.768. The topological polar surface area (TPSA) is 37.0 Å². The number of aromatic nitrogens is 1. The van der Waals surface area contributed by atoms with Crippen LogP contribution in [-0.4, -0.2) is 24.7 Å². The second-order valence-electron chi connectivity index (χ2n) is 6.81. The van der Waals surface area contributed by atoms with E-state index in [4.69, 9.17) is 4.74 Å². The first kappa shape index (κ1) is 17.0. The Bertz CT molecular complexity index is 722. The van der Waals surface area contributed by atoms with Crippen LogP contribution in [0.25, 0.3) is 10.9 Å². The number of nitrogens with one attached hydrogen (secondary N) is 2.